The second-order valence-corrected chi connectivity index (χ2v) is 5.49. The average Bonchev–Trinajstić information content (AvgIpc) is 3.04. The molecule has 0 saturated carbocycles. The average molecular weight is 334 g/mol. The zero-order valence-electron chi connectivity index (χ0n) is 13.4. The zero-order chi connectivity index (χ0) is 16.9. The van der Waals surface area contributed by atoms with E-state index in [2.05, 4.69) is 15.0 Å². The smallest absolute Gasteiger partial charge is 0.409 e. The molecule has 1 aliphatic rings. The van der Waals surface area contributed by atoms with Crippen molar-refractivity contribution in [3.8, 4) is 11.5 Å². The van der Waals surface area contributed by atoms with Crippen LogP contribution in [0.5, 0.6) is 0 Å². The van der Waals surface area contributed by atoms with Gasteiger partial charge in [0.05, 0.1) is 13.2 Å². The first-order valence-corrected chi connectivity index (χ1v) is 7.88. The van der Waals surface area contributed by atoms with Crippen molar-refractivity contribution in [2.45, 2.75) is 13.5 Å². The van der Waals surface area contributed by atoms with Crippen LogP contribution >= 0.6 is 0 Å². The van der Waals surface area contributed by atoms with Gasteiger partial charge in [0.15, 0.2) is 5.82 Å². The lowest BCUT2D eigenvalue weighted by molar-refractivity contribution is 0.0769. The number of ether oxygens (including phenoxy) is 1. The van der Waals surface area contributed by atoms with Gasteiger partial charge in [-0.2, -0.15) is 4.98 Å². The van der Waals surface area contributed by atoms with Crippen molar-refractivity contribution >= 4 is 6.09 Å². The molecule has 0 unspecified atom stereocenters. The van der Waals surface area contributed by atoms with Gasteiger partial charge in [0.25, 0.3) is 5.89 Å². The molecule has 24 heavy (non-hydrogen) atoms. The van der Waals surface area contributed by atoms with Crippen LogP contribution in [-0.2, 0) is 11.3 Å². The standard InChI is InChI=1S/C16H19FN4O3/c1-2-23-16(22)21-8-6-20(7-9-21)11-14-18-15(24-19-14)12-4-3-5-13(17)10-12/h3-5,10H,2,6-9,11H2,1H3. The molecule has 0 N–H and O–H groups in total. The summed E-state index contributed by atoms with van der Waals surface area (Å²) in [6.45, 7) is 5.33. The van der Waals surface area contributed by atoms with Gasteiger partial charge in [0.2, 0.25) is 0 Å². The van der Waals surface area contributed by atoms with Crippen molar-refractivity contribution in [1.29, 1.82) is 0 Å². The van der Waals surface area contributed by atoms with Crippen molar-refractivity contribution in [2.24, 2.45) is 0 Å². The van der Waals surface area contributed by atoms with E-state index < -0.39 is 0 Å². The Bertz CT molecular complexity index is 698. The molecule has 128 valence electrons. The summed E-state index contributed by atoms with van der Waals surface area (Å²) in [6.07, 6.45) is -0.273. The molecule has 0 radical (unpaired) electrons. The van der Waals surface area contributed by atoms with E-state index in [-0.39, 0.29) is 11.9 Å². The third-order valence-electron chi connectivity index (χ3n) is 3.80. The third-order valence-corrected chi connectivity index (χ3v) is 3.80. The molecule has 1 fully saturated rings. The first-order chi connectivity index (χ1) is 11.7. The van der Waals surface area contributed by atoms with Crippen LogP contribution in [-0.4, -0.2) is 58.8 Å². The molecule has 3 rings (SSSR count). The van der Waals surface area contributed by atoms with Crippen LogP contribution in [0.4, 0.5) is 9.18 Å². The Labute approximate surface area is 139 Å². The highest BCUT2D eigenvalue weighted by atomic mass is 19.1. The summed E-state index contributed by atoms with van der Waals surface area (Å²) in [5.74, 6) is 0.496. The van der Waals surface area contributed by atoms with Crippen molar-refractivity contribution < 1.29 is 18.4 Å². The molecule has 2 aromatic rings. The Morgan fingerprint density at radius 1 is 1.33 bits per heavy atom. The maximum absolute atomic E-state index is 13.2. The summed E-state index contributed by atoms with van der Waals surface area (Å²) in [5.41, 5.74) is 0.556. The zero-order valence-corrected chi connectivity index (χ0v) is 13.4. The lowest BCUT2D eigenvalue weighted by atomic mass is 10.2. The Hall–Kier alpha value is -2.48. The fourth-order valence-corrected chi connectivity index (χ4v) is 2.56. The Kier molecular flexibility index (Phi) is 5.05. The number of carbonyl (C=O) groups excluding carboxylic acids is 1. The van der Waals surface area contributed by atoms with Gasteiger partial charge in [-0.05, 0) is 25.1 Å². The molecule has 0 atom stereocenters. The van der Waals surface area contributed by atoms with Crippen molar-refractivity contribution in [2.75, 3.05) is 32.8 Å². The SMILES string of the molecule is CCOC(=O)N1CCN(Cc2noc(-c3cccc(F)c3)n2)CC1. The normalized spacial score (nSPS) is 15.5. The summed E-state index contributed by atoms with van der Waals surface area (Å²) >= 11 is 0. The predicted molar refractivity (Wildman–Crippen MR) is 83.6 cm³/mol. The van der Waals surface area contributed by atoms with Crippen molar-refractivity contribution in [3.05, 3.63) is 35.9 Å². The molecule has 0 spiro atoms. The van der Waals surface area contributed by atoms with Crippen molar-refractivity contribution in [1.82, 2.24) is 19.9 Å². The lowest BCUT2D eigenvalue weighted by Crippen LogP contribution is -2.48. The molecule has 1 aromatic heterocycles. The van der Waals surface area contributed by atoms with Gasteiger partial charge < -0.3 is 14.2 Å². The molecule has 1 aliphatic heterocycles. The molecule has 2 heterocycles. The Balaban J connectivity index is 1.56. The molecular formula is C16H19FN4O3. The number of halogens is 1. The summed E-state index contributed by atoms with van der Waals surface area (Å²) in [4.78, 5) is 19.8. The Morgan fingerprint density at radius 2 is 2.12 bits per heavy atom. The first-order valence-electron chi connectivity index (χ1n) is 7.88. The van der Waals surface area contributed by atoms with E-state index in [4.69, 9.17) is 9.26 Å². The third kappa shape index (κ3) is 3.88. The van der Waals surface area contributed by atoms with Crippen molar-refractivity contribution in [3.63, 3.8) is 0 Å². The second kappa shape index (κ2) is 7.39. The molecule has 7 nitrogen and oxygen atoms in total. The van der Waals surface area contributed by atoms with Gasteiger partial charge in [0.1, 0.15) is 5.82 Å². The fourth-order valence-electron chi connectivity index (χ4n) is 2.56. The van der Waals surface area contributed by atoms with Gasteiger partial charge in [-0.1, -0.05) is 11.2 Å². The number of piperazine rings is 1. The number of rotatable bonds is 4. The van der Waals surface area contributed by atoms with Crippen LogP contribution in [0.15, 0.2) is 28.8 Å². The van der Waals surface area contributed by atoms with Crippen LogP contribution in [0.2, 0.25) is 0 Å². The Morgan fingerprint density at radius 3 is 2.83 bits per heavy atom. The molecule has 8 heteroatoms. The fraction of sp³-hybridized carbons (Fsp3) is 0.438. The number of benzene rings is 1. The number of hydrogen-bond donors (Lipinski definition) is 0. The first kappa shape index (κ1) is 16.4. The monoisotopic (exact) mass is 334 g/mol. The van der Waals surface area contributed by atoms with Gasteiger partial charge in [0, 0.05) is 31.7 Å². The van der Waals surface area contributed by atoms with Crippen LogP contribution in [0.3, 0.4) is 0 Å². The summed E-state index contributed by atoms with van der Waals surface area (Å²) < 4.78 is 23.4. The quantitative estimate of drug-likeness (QED) is 0.853. The van der Waals surface area contributed by atoms with Gasteiger partial charge in [-0.25, -0.2) is 9.18 Å². The summed E-state index contributed by atoms with van der Waals surface area (Å²) in [6, 6.07) is 6.04. The number of amides is 1. The largest absolute Gasteiger partial charge is 0.450 e. The van der Waals surface area contributed by atoms with E-state index in [1.165, 1.54) is 12.1 Å². The van der Waals surface area contributed by atoms with E-state index in [1.54, 1.807) is 24.0 Å². The minimum absolute atomic E-state index is 0.273. The van der Waals surface area contributed by atoms with Crippen LogP contribution in [0, 0.1) is 5.82 Å². The van der Waals surface area contributed by atoms with E-state index in [0.29, 0.717) is 56.6 Å². The number of aromatic nitrogens is 2. The minimum Gasteiger partial charge on any atom is -0.450 e. The summed E-state index contributed by atoms with van der Waals surface area (Å²) in [5, 5.41) is 3.94. The lowest BCUT2D eigenvalue weighted by Gasteiger charge is -2.33. The maximum atomic E-state index is 13.2. The molecule has 1 aromatic carbocycles. The van der Waals surface area contributed by atoms with Crippen LogP contribution in [0.25, 0.3) is 11.5 Å². The van der Waals surface area contributed by atoms with E-state index in [0.717, 1.165) is 0 Å². The van der Waals surface area contributed by atoms with E-state index >= 15 is 0 Å². The molecular weight excluding hydrogens is 315 g/mol. The second-order valence-electron chi connectivity index (χ2n) is 5.49. The highest BCUT2D eigenvalue weighted by molar-refractivity contribution is 5.67. The molecule has 1 amide bonds. The van der Waals surface area contributed by atoms with Gasteiger partial charge in [-0.3, -0.25) is 4.90 Å². The highest BCUT2D eigenvalue weighted by Crippen LogP contribution is 2.18. The van der Waals surface area contributed by atoms with E-state index in [9.17, 15) is 9.18 Å². The molecule has 1 saturated heterocycles. The molecule has 0 aliphatic carbocycles. The topological polar surface area (TPSA) is 71.7 Å². The minimum atomic E-state index is -0.345. The predicted octanol–water partition coefficient (Wildman–Crippen LogP) is 2.15. The maximum Gasteiger partial charge on any atom is 0.409 e. The summed E-state index contributed by atoms with van der Waals surface area (Å²) in [7, 11) is 0. The van der Waals surface area contributed by atoms with Crippen LogP contribution < -0.4 is 0 Å². The molecule has 0 bridgehead atoms. The number of hydrogen-bond acceptors (Lipinski definition) is 6. The van der Waals surface area contributed by atoms with Crippen LogP contribution in [0.1, 0.15) is 12.7 Å². The van der Waals surface area contributed by atoms with Gasteiger partial charge in [-0.15, -0.1) is 0 Å². The highest BCUT2D eigenvalue weighted by Gasteiger charge is 2.23. The van der Waals surface area contributed by atoms with E-state index in [1.807, 2.05) is 0 Å². The number of nitrogens with zero attached hydrogens (tertiary/aromatic N) is 4. The number of carbonyl (C=O) groups is 1. The van der Waals surface area contributed by atoms with Gasteiger partial charge >= 0.3 is 6.09 Å².